The molecule has 2 aliphatic rings. The summed E-state index contributed by atoms with van der Waals surface area (Å²) in [4.78, 5) is 19.4. The van der Waals surface area contributed by atoms with E-state index < -0.39 is 24.5 Å². The van der Waals surface area contributed by atoms with Crippen molar-refractivity contribution in [3.05, 3.63) is 47.7 Å². The van der Waals surface area contributed by atoms with E-state index in [4.69, 9.17) is 15.5 Å². The number of ether oxygens (including phenoxy) is 1. The number of anilines is 1. The summed E-state index contributed by atoms with van der Waals surface area (Å²) in [6.45, 7) is 13.7. The number of nitrogens with two attached hydrogens (primary N) is 1. The first-order chi connectivity index (χ1) is 20.4. The van der Waals surface area contributed by atoms with E-state index in [9.17, 15) is 10.2 Å². The fourth-order valence-corrected chi connectivity index (χ4v) is 6.94. The summed E-state index contributed by atoms with van der Waals surface area (Å²) in [5.41, 5.74) is 11.3. The number of imidazole rings is 1. The number of hydrogen-bond donors (Lipinski definition) is 4. The lowest BCUT2D eigenvalue weighted by atomic mass is 9.76. The number of aryl methyl sites for hydroxylation is 2. The molecule has 0 bridgehead atoms. The summed E-state index contributed by atoms with van der Waals surface area (Å²) in [6.07, 6.45) is 5.00. The maximum Gasteiger partial charge on any atom is 0.164 e. The molecule has 4 heterocycles. The van der Waals surface area contributed by atoms with Gasteiger partial charge in [-0.1, -0.05) is 33.8 Å². The summed E-state index contributed by atoms with van der Waals surface area (Å²) >= 11 is 0. The van der Waals surface area contributed by atoms with Gasteiger partial charge in [-0.15, -0.1) is 0 Å². The van der Waals surface area contributed by atoms with Gasteiger partial charge in [0.2, 0.25) is 0 Å². The molecular formula is C33H47N7O3. The van der Waals surface area contributed by atoms with Gasteiger partial charge in [-0.2, -0.15) is 0 Å². The fraction of sp³-hybridized carbons (Fsp3) is 0.606. The molecule has 5 N–H and O–H groups in total. The summed E-state index contributed by atoms with van der Waals surface area (Å²) < 4.78 is 8.18. The smallest absolute Gasteiger partial charge is 0.164 e. The van der Waals surface area contributed by atoms with Crippen LogP contribution in [0, 0.1) is 5.92 Å². The molecule has 0 radical (unpaired) electrons. The van der Waals surface area contributed by atoms with E-state index in [0.717, 1.165) is 59.9 Å². The van der Waals surface area contributed by atoms with Gasteiger partial charge in [0.1, 0.15) is 41.9 Å². The average molecular weight is 590 g/mol. The van der Waals surface area contributed by atoms with Crippen molar-refractivity contribution in [3.63, 3.8) is 0 Å². The molecular weight excluding hydrogens is 542 g/mol. The Bertz CT molecular complexity index is 1580. The van der Waals surface area contributed by atoms with Crippen molar-refractivity contribution in [2.75, 3.05) is 12.3 Å². The van der Waals surface area contributed by atoms with Crippen LogP contribution in [0.4, 0.5) is 5.82 Å². The van der Waals surface area contributed by atoms with Crippen molar-refractivity contribution in [2.45, 2.75) is 116 Å². The van der Waals surface area contributed by atoms with E-state index in [-0.39, 0.29) is 11.5 Å². The van der Waals surface area contributed by atoms with E-state index in [0.29, 0.717) is 30.0 Å². The lowest BCUT2D eigenvalue weighted by molar-refractivity contribution is -0.0619. The molecule has 4 atom stereocenters. The number of nitrogen functional groups attached to an aromatic ring is 1. The number of aliphatic hydroxyl groups is 2. The molecule has 232 valence electrons. The van der Waals surface area contributed by atoms with Crippen LogP contribution in [0.1, 0.15) is 84.0 Å². The first-order valence-corrected chi connectivity index (χ1v) is 15.8. The Balaban J connectivity index is 1.07. The highest BCUT2D eigenvalue weighted by atomic mass is 16.6. The van der Waals surface area contributed by atoms with E-state index in [2.05, 4.69) is 72.7 Å². The molecule has 1 saturated carbocycles. The number of benzene rings is 1. The number of nitrogens with one attached hydrogen (secondary N) is 1. The number of aromatic nitrogens is 5. The lowest BCUT2D eigenvalue weighted by Crippen LogP contribution is -2.52. The van der Waals surface area contributed by atoms with Gasteiger partial charge in [-0.3, -0.25) is 4.90 Å². The maximum atomic E-state index is 11.1. The summed E-state index contributed by atoms with van der Waals surface area (Å²) in [7, 11) is 0. The SMILES string of the molecule is CCc1cn([C@@H]2O[C@H](CN(C(C)C)[C@H]3C[C@H](CCc4nc5cc(C(C)(C)C)ccc5[nH]4)C3)[C@@H](O)[C@H]2O)c2ncnc(N)c12. The third-order valence-electron chi connectivity index (χ3n) is 9.63. The Kier molecular flexibility index (Phi) is 8.00. The molecule has 0 unspecified atom stereocenters. The molecule has 1 aromatic carbocycles. The highest BCUT2D eigenvalue weighted by Crippen LogP contribution is 2.39. The van der Waals surface area contributed by atoms with Crippen LogP contribution in [0.25, 0.3) is 22.1 Å². The van der Waals surface area contributed by atoms with Crippen LogP contribution in [0.2, 0.25) is 0 Å². The van der Waals surface area contributed by atoms with E-state index in [1.54, 1.807) is 4.57 Å². The first kappa shape index (κ1) is 30.0. The lowest BCUT2D eigenvalue weighted by Gasteiger charge is -2.46. The van der Waals surface area contributed by atoms with Crippen LogP contribution in [0.3, 0.4) is 0 Å². The normalized spacial score (nSPS) is 26.3. The van der Waals surface area contributed by atoms with Gasteiger partial charge < -0.3 is 30.2 Å². The topological polar surface area (TPSA) is 138 Å². The van der Waals surface area contributed by atoms with Crippen molar-refractivity contribution in [3.8, 4) is 0 Å². The fourth-order valence-electron chi connectivity index (χ4n) is 6.94. The monoisotopic (exact) mass is 589 g/mol. The number of nitrogens with zero attached hydrogens (tertiary/aromatic N) is 5. The molecule has 10 heteroatoms. The molecule has 3 aromatic heterocycles. The minimum Gasteiger partial charge on any atom is -0.387 e. The zero-order valence-electron chi connectivity index (χ0n) is 26.3. The minimum atomic E-state index is -1.08. The second-order valence-corrected chi connectivity index (χ2v) is 13.9. The molecule has 43 heavy (non-hydrogen) atoms. The second-order valence-electron chi connectivity index (χ2n) is 13.9. The van der Waals surface area contributed by atoms with Crippen LogP contribution in [-0.4, -0.2) is 76.6 Å². The number of rotatable bonds is 9. The standard InChI is InChI=1S/C33H47N7O3/c1-7-20-15-40(31-27(20)30(34)35-17-36-31)32-29(42)28(41)25(43-32)16-39(18(2)3)22-12-19(13-22)8-11-26-37-23-10-9-21(33(4,5)6)14-24(23)38-26/h9-10,14-15,17-19,22,25,28-29,32,41-42H,7-8,11-13,16H2,1-6H3,(H,37,38)(H2,34,35,36)/t19-,22-,25-,28-,29-,32-/m1/s1. The average Bonchev–Trinajstić information content (AvgIpc) is 3.60. The highest BCUT2D eigenvalue weighted by molar-refractivity contribution is 5.89. The van der Waals surface area contributed by atoms with E-state index in [1.165, 1.54) is 11.9 Å². The van der Waals surface area contributed by atoms with Crippen molar-refractivity contribution in [1.82, 2.24) is 29.4 Å². The van der Waals surface area contributed by atoms with Crippen molar-refractivity contribution >= 4 is 27.9 Å². The summed E-state index contributed by atoms with van der Waals surface area (Å²) in [6, 6.07) is 7.27. The quantitative estimate of drug-likeness (QED) is 0.224. The number of aliphatic hydroxyl groups excluding tert-OH is 2. The largest absolute Gasteiger partial charge is 0.387 e. The Morgan fingerprint density at radius 2 is 1.93 bits per heavy atom. The maximum absolute atomic E-state index is 11.1. The molecule has 4 aromatic rings. The Morgan fingerprint density at radius 3 is 2.63 bits per heavy atom. The Hall–Kier alpha value is -3.05. The molecule has 10 nitrogen and oxygen atoms in total. The van der Waals surface area contributed by atoms with E-state index in [1.807, 2.05) is 13.1 Å². The summed E-state index contributed by atoms with van der Waals surface area (Å²) in [5, 5.41) is 22.9. The molecule has 1 saturated heterocycles. The number of H-pyrrole nitrogens is 1. The van der Waals surface area contributed by atoms with Crippen molar-refractivity contribution in [1.29, 1.82) is 0 Å². The van der Waals surface area contributed by atoms with Gasteiger partial charge in [0, 0.05) is 31.2 Å². The van der Waals surface area contributed by atoms with Gasteiger partial charge in [-0.05, 0) is 74.1 Å². The van der Waals surface area contributed by atoms with Crippen LogP contribution >= 0.6 is 0 Å². The highest BCUT2D eigenvalue weighted by Gasteiger charge is 2.46. The predicted molar refractivity (Wildman–Crippen MR) is 169 cm³/mol. The predicted octanol–water partition coefficient (Wildman–Crippen LogP) is 4.49. The number of aromatic amines is 1. The molecule has 1 aliphatic carbocycles. The first-order valence-electron chi connectivity index (χ1n) is 15.8. The second kappa shape index (κ2) is 11.5. The van der Waals surface area contributed by atoms with Gasteiger partial charge in [0.05, 0.1) is 16.4 Å². The van der Waals surface area contributed by atoms with Crippen LogP contribution in [-0.2, 0) is 23.0 Å². The molecule has 0 spiro atoms. The molecule has 1 aliphatic heterocycles. The van der Waals surface area contributed by atoms with Crippen LogP contribution in [0.15, 0.2) is 30.7 Å². The molecule has 0 amide bonds. The molecule has 6 rings (SSSR count). The van der Waals surface area contributed by atoms with Gasteiger partial charge in [-0.25, -0.2) is 15.0 Å². The molecule has 2 fully saturated rings. The Labute approximate surface area is 253 Å². The Morgan fingerprint density at radius 1 is 1.16 bits per heavy atom. The van der Waals surface area contributed by atoms with Crippen molar-refractivity contribution in [2.24, 2.45) is 5.92 Å². The van der Waals surface area contributed by atoms with Gasteiger partial charge >= 0.3 is 0 Å². The number of hydrogen-bond acceptors (Lipinski definition) is 8. The van der Waals surface area contributed by atoms with E-state index >= 15 is 0 Å². The third kappa shape index (κ3) is 5.66. The van der Waals surface area contributed by atoms with Gasteiger partial charge in [0.25, 0.3) is 0 Å². The summed E-state index contributed by atoms with van der Waals surface area (Å²) in [5.74, 6) is 2.11. The van der Waals surface area contributed by atoms with Crippen LogP contribution in [0.5, 0.6) is 0 Å². The van der Waals surface area contributed by atoms with Crippen LogP contribution < -0.4 is 5.73 Å². The van der Waals surface area contributed by atoms with Crippen molar-refractivity contribution < 1.29 is 14.9 Å². The third-order valence-corrected chi connectivity index (χ3v) is 9.63. The zero-order chi connectivity index (χ0) is 30.6. The van der Waals surface area contributed by atoms with Gasteiger partial charge in [0.15, 0.2) is 6.23 Å². The minimum absolute atomic E-state index is 0.105. The number of fused-ring (bicyclic) bond motifs is 2. The zero-order valence-corrected chi connectivity index (χ0v) is 26.3.